The van der Waals surface area contributed by atoms with Crippen molar-refractivity contribution in [3.8, 4) is 0 Å². The number of benzene rings is 1. The van der Waals surface area contributed by atoms with Crippen molar-refractivity contribution in [1.82, 2.24) is 0 Å². The number of hydrogen-bond acceptors (Lipinski definition) is 1. The minimum Gasteiger partial charge on any atom is -0.373 e. The van der Waals surface area contributed by atoms with Crippen LogP contribution in [0.25, 0.3) is 0 Å². The van der Waals surface area contributed by atoms with Crippen LogP contribution in [0.2, 0.25) is 0 Å². The second-order valence-electron chi connectivity index (χ2n) is 3.07. The molecule has 1 aromatic carbocycles. The number of ether oxygens (including phenoxy) is 1. The van der Waals surface area contributed by atoms with Gasteiger partial charge < -0.3 is 4.74 Å². The SMILES string of the molecule is C=CCOCc1cc(Br)ccc1CC. The molecule has 0 fully saturated rings. The van der Waals surface area contributed by atoms with E-state index < -0.39 is 0 Å². The molecule has 0 bridgehead atoms. The quantitative estimate of drug-likeness (QED) is 0.575. The van der Waals surface area contributed by atoms with E-state index in [2.05, 4.69) is 47.6 Å². The second kappa shape index (κ2) is 5.99. The van der Waals surface area contributed by atoms with Crippen LogP contribution in [0, 0.1) is 0 Å². The molecule has 0 saturated carbocycles. The third-order valence-electron chi connectivity index (χ3n) is 2.04. The van der Waals surface area contributed by atoms with Crippen LogP contribution in [0.4, 0.5) is 0 Å². The van der Waals surface area contributed by atoms with Gasteiger partial charge in [-0.3, -0.25) is 0 Å². The number of hydrogen-bond donors (Lipinski definition) is 0. The smallest absolute Gasteiger partial charge is 0.0724 e. The van der Waals surface area contributed by atoms with Crippen LogP contribution in [0.15, 0.2) is 35.3 Å². The molecule has 76 valence electrons. The van der Waals surface area contributed by atoms with Crippen LogP contribution < -0.4 is 0 Å². The lowest BCUT2D eigenvalue weighted by molar-refractivity contribution is 0.148. The molecule has 14 heavy (non-hydrogen) atoms. The van der Waals surface area contributed by atoms with E-state index in [0.29, 0.717) is 13.2 Å². The van der Waals surface area contributed by atoms with Crippen LogP contribution in [-0.2, 0) is 17.8 Å². The Hall–Kier alpha value is -0.600. The van der Waals surface area contributed by atoms with Gasteiger partial charge in [-0.2, -0.15) is 0 Å². The maximum atomic E-state index is 5.43. The van der Waals surface area contributed by atoms with Crippen LogP contribution in [-0.4, -0.2) is 6.61 Å². The lowest BCUT2D eigenvalue weighted by Gasteiger charge is -2.08. The van der Waals surface area contributed by atoms with Gasteiger partial charge in [-0.1, -0.05) is 35.0 Å². The van der Waals surface area contributed by atoms with Crippen molar-refractivity contribution in [1.29, 1.82) is 0 Å². The Morgan fingerprint density at radius 3 is 2.86 bits per heavy atom. The van der Waals surface area contributed by atoms with Crippen molar-refractivity contribution in [2.45, 2.75) is 20.0 Å². The van der Waals surface area contributed by atoms with Crippen LogP contribution >= 0.6 is 15.9 Å². The Bertz CT molecular complexity index is 307. The van der Waals surface area contributed by atoms with E-state index in [1.54, 1.807) is 6.08 Å². The molecule has 0 amide bonds. The highest BCUT2D eigenvalue weighted by Crippen LogP contribution is 2.18. The zero-order chi connectivity index (χ0) is 10.4. The van der Waals surface area contributed by atoms with Crippen LogP contribution in [0.5, 0.6) is 0 Å². The summed E-state index contributed by atoms with van der Waals surface area (Å²) in [4.78, 5) is 0. The Kier molecular flexibility index (Phi) is 4.91. The first-order valence-corrected chi connectivity index (χ1v) is 5.53. The Labute approximate surface area is 93.9 Å². The zero-order valence-electron chi connectivity index (χ0n) is 8.42. The maximum absolute atomic E-state index is 5.43. The van der Waals surface area contributed by atoms with Crippen molar-refractivity contribution in [2.24, 2.45) is 0 Å². The monoisotopic (exact) mass is 254 g/mol. The topological polar surface area (TPSA) is 9.23 Å². The minimum atomic E-state index is 0.607. The van der Waals surface area contributed by atoms with Gasteiger partial charge in [-0.25, -0.2) is 0 Å². The standard InChI is InChI=1S/C12H15BrO/c1-3-7-14-9-11-8-12(13)6-5-10(11)4-2/h3,5-6,8H,1,4,7,9H2,2H3. The molecule has 0 aromatic heterocycles. The lowest BCUT2D eigenvalue weighted by atomic mass is 10.1. The highest BCUT2D eigenvalue weighted by atomic mass is 79.9. The fourth-order valence-electron chi connectivity index (χ4n) is 1.33. The molecule has 0 N–H and O–H groups in total. The molecule has 0 aliphatic rings. The number of halogens is 1. The first-order chi connectivity index (χ1) is 6.77. The summed E-state index contributed by atoms with van der Waals surface area (Å²) in [6.45, 7) is 7.04. The summed E-state index contributed by atoms with van der Waals surface area (Å²) in [5.41, 5.74) is 2.60. The second-order valence-corrected chi connectivity index (χ2v) is 3.99. The van der Waals surface area contributed by atoms with Crippen LogP contribution in [0.3, 0.4) is 0 Å². The molecule has 0 spiro atoms. The van der Waals surface area contributed by atoms with E-state index >= 15 is 0 Å². The summed E-state index contributed by atoms with van der Waals surface area (Å²) >= 11 is 3.46. The van der Waals surface area contributed by atoms with Crippen molar-refractivity contribution in [3.05, 3.63) is 46.5 Å². The summed E-state index contributed by atoms with van der Waals surface area (Å²) < 4.78 is 6.53. The third kappa shape index (κ3) is 3.28. The molecule has 1 rings (SSSR count). The van der Waals surface area contributed by atoms with E-state index in [1.807, 2.05) is 0 Å². The molecular formula is C12H15BrO. The maximum Gasteiger partial charge on any atom is 0.0724 e. The van der Waals surface area contributed by atoms with Gasteiger partial charge in [0.15, 0.2) is 0 Å². The van der Waals surface area contributed by atoms with Crippen molar-refractivity contribution < 1.29 is 4.74 Å². The van der Waals surface area contributed by atoms with E-state index in [4.69, 9.17) is 4.74 Å². The largest absolute Gasteiger partial charge is 0.373 e. The molecule has 0 saturated heterocycles. The highest BCUT2D eigenvalue weighted by Gasteiger charge is 2.01. The molecule has 1 aromatic rings. The van der Waals surface area contributed by atoms with Gasteiger partial charge in [0.05, 0.1) is 13.2 Å². The van der Waals surface area contributed by atoms with Gasteiger partial charge in [0.2, 0.25) is 0 Å². The Morgan fingerprint density at radius 1 is 1.43 bits per heavy atom. The first kappa shape index (κ1) is 11.5. The highest BCUT2D eigenvalue weighted by molar-refractivity contribution is 9.10. The van der Waals surface area contributed by atoms with Gasteiger partial charge in [0.1, 0.15) is 0 Å². The van der Waals surface area contributed by atoms with Crippen molar-refractivity contribution in [2.75, 3.05) is 6.61 Å². The van der Waals surface area contributed by atoms with Crippen LogP contribution in [0.1, 0.15) is 18.1 Å². The summed E-state index contributed by atoms with van der Waals surface area (Å²) in [7, 11) is 0. The van der Waals surface area contributed by atoms with Crippen molar-refractivity contribution in [3.63, 3.8) is 0 Å². The van der Waals surface area contributed by atoms with Crippen molar-refractivity contribution >= 4 is 15.9 Å². The Morgan fingerprint density at radius 2 is 2.21 bits per heavy atom. The summed E-state index contributed by atoms with van der Waals surface area (Å²) in [6, 6.07) is 6.31. The molecule has 0 aliphatic carbocycles. The molecular weight excluding hydrogens is 240 g/mol. The van der Waals surface area contributed by atoms with Gasteiger partial charge in [0.25, 0.3) is 0 Å². The van der Waals surface area contributed by atoms with Gasteiger partial charge >= 0.3 is 0 Å². The van der Waals surface area contributed by atoms with E-state index in [1.165, 1.54) is 11.1 Å². The van der Waals surface area contributed by atoms with Gasteiger partial charge in [-0.15, -0.1) is 6.58 Å². The predicted molar refractivity (Wildman–Crippen MR) is 63.4 cm³/mol. The lowest BCUT2D eigenvalue weighted by Crippen LogP contribution is -1.97. The minimum absolute atomic E-state index is 0.607. The number of rotatable bonds is 5. The molecule has 2 heteroatoms. The first-order valence-electron chi connectivity index (χ1n) is 4.74. The number of aryl methyl sites for hydroxylation is 1. The molecule has 0 radical (unpaired) electrons. The van der Waals surface area contributed by atoms with E-state index in [9.17, 15) is 0 Å². The normalized spacial score (nSPS) is 10.1. The molecule has 0 aliphatic heterocycles. The predicted octanol–water partition coefficient (Wildman–Crippen LogP) is 3.71. The summed E-state index contributed by atoms with van der Waals surface area (Å²) in [5, 5.41) is 0. The third-order valence-corrected chi connectivity index (χ3v) is 2.54. The summed E-state index contributed by atoms with van der Waals surface area (Å²) in [5.74, 6) is 0. The van der Waals surface area contributed by atoms with Gasteiger partial charge in [0, 0.05) is 4.47 Å². The van der Waals surface area contributed by atoms with E-state index in [-0.39, 0.29) is 0 Å². The molecule has 0 unspecified atom stereocenters. The van der Waals surface area contributed by atoms with E-state index in [0.717, 1.165) is 10.9 Å². The average Bonchev–Trinajstić information content (AvgIpc) is 2.19. The summed E-state index contributed by atoms with van der Waals surface area (Å²) in [6.07, 6.45) is 2.81. The average molecular weight is 255 g/mol. The molecule has 0 atom stereocenters. The fourth-order valence-corrected chi connectivity index (χ4v) is 1.73. The fraction of sp³-hybridized carbons (Fsp3) is 0.333. The molecule has 1 nitrogen and oxygen atoms in total. The van der Waals surface area contributed by atoms with Gasteiger partial charge in [-0.05, 0) is 29.7 Å². The Balaban J connectivity index is 2.71. The molecule has 0 heterocycles. The zero-order valence-corrected chi connectivity index (χ0v) is 10.0.